The summed E-state index contributed by atoms with van der Waals surface area (Å²) in [5, 5.41) is 0. The second kappa shape index (κ2) is 3.60. The predicted octanol–water partition coefficient (Wildman–Crippen LogP) is 3.86. The Balaban J connectivity index is 2.39. The van der Waals surface area contributed by atoms with E-state index in [0.29, 0.717) is 0 Å². The van der Waals surface area contributed by atoms with Crippen molar-refractivity contribution in [3.8, 4) is 0 Å². The van der Waals surface area contributed by atoms with E-state index in [2.05, 4.69) is 52.9 Å². The van der Waals surface area contributed by atoms with Crippen molar-refractivity contribution in [3.63, 3.8) is 0 Å². The van der Waals surface area contributed by atoms with Crippen LogP contribution in [0.1, 0.15) is 24.8 Å². The molecular formula is C11H11I. The van der Waals surface area contributed by atoms with Crippen molar-refractivity contribution in [2.24, 2.45) is 0 Å². The minimum Gasteiger partial charge on any atom is -0.0807 e. The Labute approximate surface area is 86.8 Å². The van der Waals surface area contributed by atoms with Gasteiger partial charge < -0.3 is 0 Å². The summed E-state index contributed by atoms with van der Waals surface area (Å²) in [6.45, 7) is 0. The maximum Gasteiger partial charge on any atom is 0.0205 e. The fraction of sp³-hybridized carbons (Fsp3) is 0.273. The molecule has 1 aromatic carbocycles. The van der Waals surface area contributed by atoms with Gasteiger partial charge in [-0.05, 0) is 59.1 Å². The van der Waals surface area contributed by atoms with Crippen molar-refractivity contribution in [2.45, 2.75) is 19.3 Å². The molecule has 0 heterocycles. The quantitative estimate of drug-likeness (QED) is 0.680. The third-order valence-electron chi connectivity index (χ3n) is 2.26. The highest BCUT2D eigenvalue weighted by molar-refractivity contribution is 14.1. The average molecular weight is 270 g/mol. The van der Waals surface area contributed by atoms with Gasteiger partial charge in [0.05, 0.1) is 0 Å². The molecule has 1 aliphatic rings. The minimum absolute atomic E-state index is 1.26. The number of halogens is 1. The smallest absolute Gasteiger partial charge is 0.0205 e. The van der Waals surface area contributed by atoms with Crippen molar-refractivity contribution in [1.82, 2.24) is 0 Å². The van der Waals surface area contributed by atoms with Gasteiger partial charge in [-0.15, -0.1) is 0 Å². The SMILES string of the molecule is Ic1ccccc1C1=CCCC1. The molecular weight excluding hydrogens is 259 g/mol. The third kappa shape index (κ3) is 1.56. The summed E-state index contributed by atoms with van der Waals surface area (Å²) in [7, 11) is 0. The van der Waals surface area contributed by atoms with E-state index in [1.165, 1.54) is 28.4 Å². The molecule has 0 N–H and O–H groups in total. The lowest BCUT2D eigenvalue weighted by molar-refractivity contribution is 0.935. The zero-order valence-corrected chi connectivity index (χ0v) is 9.04. The van der Waals surface area contributed by atoms with Gasteiger partial charge in [-0.2, -0.15) is 0 Å². The van der Waals surface area contributed by atoms with Gasteiger partial charge in [-0.3, -0.25) is 0 Å². The Bertz CT molecular complexity index is 313. The van der Waals surface area contributed by atoms with E-state index in [1.807, 2.05) is 0 Å². The highest BCUT2D eigenvalue weighted by Gasteiger charge is 2.08. The van der Waals surface area contributed by atoms with Crippen LogP contribution < -0.4 is 0 Å². The summed E-state index contributed by atoms with van der Waals surface area (Å²) < 4.78 is 1.38. The molecule has 2 rings (SSSR count). The number of hydrogen-bond acceptors (Lipinski definition) is 0. The van der Waals surface area contributed by atoms with Gasteiger partial charge in [-0.25, -0.2) is 0 Å². The van der Waals surface area contributed by atoms with E-state index in [0.717, 1.165) is 0 Å². The van der Waals surface area contributed by atoms with Crippen LogP contribution in [0.3, 0.4) is 0 Å². The summed E-state index contributed by atoms with van der Waals surface area (Å²) in [5.41, 5.74) is 2.98. The Morgan fingerprint density at radius 1 is 1.17 bits per heavy atom. The Morgan fingerprint density at radius 2 is 2.00 bits per heavy atom. The number of rotatable bonds is 1. The predicted molar refractivity (Wildman–Crippen MR) is 61.0 cm³/mol. The summed E-state index contributed by atoms with van der Waals surface area (Å²) in [6.07, 6.45) is 6.23. The van der Waals surface area contributed by atoms with Gasteiger partial charge >= 0.3 is 0 Å². The number of allylic oxidation sites excluding steroid dienone is 2. The lowest BCUT2D eigenvalue weighted by atomic mass is 10.1. The fourth-order valence-electron chi connectivity index (χ4n) is 1.64. The first-order valence-electron chi connectivity index (χ1n) is 4.32. The molecule has 0 nitrogen and oxygen atoms in total. The van der Waals surface area contributed by atoms with Gasteiger partial charge in [0.25, 0.3) is 0 Å². The van der Waals surface area contributed by atoms with Gasteiger partial charge in [-0.1, -0.05) is 24.3 Å². The zero-order chi connectivity index (χ0) is 8.39. The van der Waals surface area contributed by atoms with Gasteiger partial charge in [0.1, 0.15) is 0 Å². The first kappa shape index (κ1) is 8.30. The monoisotopic (exact) mass is 270 g/mol. The molecule has 0 atom stereocenters. The van der Waals surface area contributed by atoms with Crippen LogP contribution in [0, 0.1) is 3.57 Å². The van der Waals surface area contributed by atoms with Crippen molar-refractivity contribution >= 4 is 28.2 Å². The molecule has 0 bridgehead atoms. The standard InChI is InChI=1S/C11H11I/c12-11-8-4-3-7-10(11)9-5-1-2-6-9/h3-5,7-8H,1-2,6H2. The summed E-state index contributed by atoms with van der Waals surface area (Å²) in [6, 6.07) is 8.62. The molecule has 12 heavy (non-hydrogen) atoms. The van der Waals surface area contributed by atoms with Crippen LogP contribution in [-0.2, 0) is 0 Å². The molecule has 0 aromatic heterocycles. The van der Waals surface area contributed by atoms with E-state index in [1.54, 1.807) is 5.57 Å². The molecule has 0 amide bonds. The van der Waals surface area contributed by atoms with Crippen LogP contribution in [0.2, 0.25) is 0 Å². The highest BCUT2D eigenvalue weighted by atomic mass is 127. The van der Waals surface area contributed by atoms with E-state index >= 15 is 0 Å². The Morgan fingerprint density at radius 3 is 2.67 bits per heavy atom. The van der Waals surface area contributed by atoms with Gasteiger partial charge in [0.15, 0.2) is 0 Å². The molecule has 0 fully saturated rings. The van der Waals surface area contributed by atoms with Crippen molar-refractivity contribution in [3.05, 3.63) is 39.5 Å². The van der Waals surface area contributed by atoms with Crippen molar-refractivity contribution < 1.29 is 0 Å². The van der Waals surface area contributed by atoms with Crippen molar-refractivity contribution in [2.75, 3.05) is 0 Å². The first-order chi connectivity index (χ1) is 5.88. The topological polar surface area (TPSA) is 0 Å². The molecule has 0 spiro atoms. The molecule has 62 valence electrons. The van der Waals surface area contributed by atoms with Crippen LogP contribution in [0.15, 0.2) is 30.3 Å². The Hall–Kier alpha value is -0.310. The lowest BCUT2D eigenvalue weighted by Gasteiger charge is -2.03. The van der Waals surface area contributed by atoms with Crippen LogP contribution >= 0.6 is 22.6 Å². The van der Waals surface area contributed by atoms with Crippen LogP contribution in [0.4, 0.5) is 0 Å². The van der Waals surface area contributed by atoms with E-state index < -0.39 is 0 Å². The molecule has 0 aliphatic heterocycles. The number of benzene rings is 1. The van der Waals surface area contributed by atoms with Crippen molar-refractivity contribution in [1.29, 1.82) is 0 Å². The van der Waals surface area contributed by atoms with Crippen LogP contribution in [0.5, 0.6) is 0 Å². The first-order valence-corrected chi connectivity index (χ1v) is 5.40. The molecule has 0 saturated heterocycles. The maximum atomic E-state index is 2.41. The second-order valence-corrected chi connectivity index (χ2v) is 4.26. The molecule has 0 unspecified atom stereocenters. The molecule has 1 aromatic rings. The summed E-state index contributed by atoms with van der Waals surface area (Å²) >= 11 is 2.41. The minimum atomic E-state index is 1.26. The fourth-order valence-corrected chi connectivity index (χ4v) is 2.37. The van der Waals surface area contributed by atoms with E-state index in [4.69, 9.17) is 0 Å². The van der Waals surface area contributed by atoms with E-state index in [9.17, 15) is 0 Å². The van der Waals surface area contributed by atoms with E-state index in [-0.39, 0.29) is 0 Å². The summed E-state index contributed by atoms with van der Waals surface area (Å²) in [4.78, 5) is 0. The normalized spacial score (nSPS) is 16.2. The molecule has 0 saturated carbocycles. The molecule has 1 aliphatic carbocycles. The molecule has 0 radical (unpaired) electrons. The second-order valence-electron chi connectivity index (χ2n) is 3.10. The average Bonchev–Trinajstić information content (AvgIpc) is 2.57. The van der Waals surface area contributed by atoms with Crippen LogP contribution in [-0.4, -0.2) is 0 Å². The van der Waals surface area contributed by atoms with Gasteiger partial charge in [0.2, 0.25) is 0 Å². The van der Waals surface area contributed by atoms with Crippen LogP contribution in [0.25, 0.3) is 5.57 Å². The Kier molecular flexibility index (Phi) is 2.49. The van der Waals surface area contributed by atoms with Gasteiger partial charge in [0, 0.05) is 3.57 Å². The highest BCUT2D eigenvalue weighted by Crippen LogP contribution is 2.30. The zero-order valence-electron chi connectivity index (χ0n) is 6.89. The largest absolute Gasteiger partial charge is 0.0807 e. The number of hydrogen-bond donors (Lipinski definition) is 0. The lowest BCUT2D eigenvalue weighted by Crippen LogP contribution is -1.84. The third-order valence-corrected chi connectivity index (χ3v) is 3.20. The maximum absolute atomic E-state index is 2.41. The molecule has 1 heteroatoms. The summed E-state index contributed by atoms with van der Waals surface area (Å²) in [5.74, 6) is 0.